The van der Waals surface area contributed by atoms with Crippen molar-refractivity contribution in [1.82, 2.24) is 9.97 Å². The van der Waals surface area contributed by atoms with Crippen LogP contribution >= 0.6 is 11.8 Å². The Morgan fingerprint density at radius 1 is 1.09 bits per heavy atom. The molecule has 3 aromatic rings. The van der Waals surface area contributed by atoms with Crippen LogP contribution in [0, 0.1) is 10.1 Å². The largest absolute Gasteiger partial charge is 0.293 e. The lowest BCUT2D eigenvalue weighted by atomic mass is 10.1. The SMILES string of the molecule is O=C(CSc1cnc2ccccc2n1)c1ccc([N+](=O)[O-])cc1. The fourth-order valence-electron chi connectivity index (χ4n) is 2.00. The van der Waals surface area contributed by atoms with Crippen LogP contribution < -0.4 is 0 Å². The van der Waals surface area contributed by atoms with E-state index in [-0.39, 0.29) is 17.2 Å². The van der Waals surface area contributed by atoms with Gasteiger partial charge in [0.15, 0.2) is 5.78 Å². The highest BCUT2D eigenvalue weighted by molar-refractivity contribution is 7.99. The number of benzene rings is 2. The molecule has 1 heterocycles. The van der Waals surface area contributed by atoms with E-state index in [4.69, 9.17) is 0 Å². The van der Waals surface area contributed by atoms with Crippen molar-refractivity contribution in [1.29, 1.82) is 0 Å². The van der Waals surface area contributed by atoms with Crippen LogP contribution in [-0.2, 0) is 0 Å². The number of aromatic nitrogens is 2. The summed E-state index contributed by atoms with van der Waals surface area (Å²) in [5.74, 6) is 0.0880. The Balaban J connectivity index is 1.68. The highest BCUT2D eigenvalue weighted by Crippen LogP contribution is 2.20. The number of carbonyl (C=O) groups excluding carboxylic acids is 1. The molecule has 0 N–H and O–H groups in total. The van der Waals surface area contributed by atoms with E-state index in [9.17, 15) is 14.9 Å². The molecule has 0 saturated carbocycles. The van der Waals surface area contributed by atoms with Crippen LogP contribution in [0.2, 0.25) is 0 Å². The lowest BCUT2D eigenvalue weighted by Crippen LogP contribution is -2.03. The summed E-state index contributed by atoms with van der Waals surface area (Å²) in [6.07, 6.45) is 1.64. The molecule has 0 unspecified atom stereocenters. The molecule has 2 aromatic carbocycles. The van der Waals surface area contributed by atoms with Crippen molar-refractivity contribution < 1.29 is 9.72 Å². The van der Waals surface area contributed by atoms with Gasteiger partial charge in [-0.3, -0.25) is 19.9 Å². The summed E-state index contributed by atoms with van der Waals surface area (Å²) < 4.78 is 0. The van der Waals surface area contributed by atoms with Crippen molar-refractivity contribution in [3.05, 3.63) is 70.4 Å². The van der Waals surface area contributed by atoms with Crippen molar-refractivity contribution in [2.24, 2.45) is 0 Å². The summed E-state index contributed by atoms with van der Waals surface area (Å²) in [6.45, 7) is 0. The average Bonchev–Trinajstić information content (AvgIpc) is 2.59. The summed E-state index contributed by atoms with van der Waals surface area (Å²) in [5.41, 5.74) is 1.99. The van der Waals surface area contributed by atoms with Crippen LogP contribution in [0.25, 0.3) is 11.0 Å². The number of nitro benzene ring substituents is 1. The van der Waals surface area contributed by atoms with E-state index in [1.807, 2.05) is 24.3 Å². The Bertz CT molecular complexity index is 881. The molecular formula is C16H11N3O3S. The zero-order valence-corrected chi connectivity index (χ0v) is 12.7. The predicted molar refractivity (Wildman–Crippen MR) is 87.7 cm³/mol. The van der Waals surface area contributed by atoms with Gasteiger partial charge in [0.1, 0.15) is 5.03 Å². The van der Waals surface area contributed by atoms with E-state index in [1.54, 1.807) is 6.20 Å². The van der Waals surface area contributed by atoms with Crippen molar-refractivity contribution >= 4 is 34.3 Å². The van der Waals surface area contributed by atoms with Gasteiger partial charge in [0, 0.05) is 17.7 Å². The number of rotatable bonds is 5. The maximum absolute atomic E-state index is 12.1. The molecule has 0 aliphatic heterocycles. The zero-order valence-electron chi connectivity index (χ0n) is 11.9. The summed E-state index contributed by atoms with van der Waals surface area (Å²) in [5, 5.41) is 11.3. The minimum absolute atomic E-state index is 0.0328. The van der Waals surface area contributed by atoms with Gasteiger partial charge in [-0.25, -0.2) is 4.98 Å². The van der Waals surface area contributed by atoms with Crippen molar-refractivity contribution in [2.75, 3.05) is 5.75 Å². The van der Waals surface area contributed by atoms with Gasteiger partial charge in [-0.2, -0.15) is 0 Å². The van der Waals surface area contributed by atoms with Crippen molar-refractivity contribution in [3.63, 3.8) is 0 Å². The molecule has 0 amide bonds. The third-order valence-electron chi connectivity index (χ3n) is 3.18. The summed E-state index contributed by atoms with van der Waals surface area (Å²) >= 11 is 1.29. The fraction of sp³-hybridized carbons (Fsp3) is 0.0625. The number of para-hydroxylation sites is 2. The van der Waals surface area contributed by atoms with E-state index in [1.165, 1.54) is 36.0 Å². The van der Waals surface area contributed by atoms with Gasteiger partial charge in [0.25, 0.3) is 5.69 Å². The zero-order chi connectivity index (χ0) is 16.2. The van der Waals surface area contributed by atoms with Crippen LogP contribution in [0.1, 0.15) is 10.4 Å². The lowest BCUT2D eigenvalue weighted by molar-refractivity contribution is -0.384. The van der Waals surface area contributed by atoms with Gasteiger partial charge in [-0.05, 0) is 24.3 Å². The van der Waals surface area contributed by atoms with Gasteiger partial charge >= 0.3 is 0 Å². The molecule has 0 aliphatic rings. The molecule has 114 valence electrons. The highest BCUT2D eigenvalue weighted by atomic mass is 32.2. The van der Waals surface area contributed by atoms with Crippen LogP contribution in [0.15, 0.2) is 59.8 Å². The van der Waals surface area contributed by atoms with Gasteiger partial charge in [0.2, 0.25) is 0 Å². The molecule has 7 heteroatoms. The number of hydrogen-bond acceptors (Lipinski definition) is 6. The maximum atomic E-state index is 12.1. The normalized spacial score (nSPS) is 10.6. The molecule has 6 nitrogen and oxygen atoms in total. The molecule has 3 rings (SSSR count). The molecule has 23 heavy (non-hydrogen) atoms. The van der Waals surface area contributed by atoms with Crippen LogP contribution in [0.3, 0.4) is 0 Å². The molecule has 0 aliphatic carbocycles. The number of nitrogens with zero attached hydrogens (tertiary/aromatic N) is 3. The third-order valence-corrected chi connectivity index (χ3v) is 4.08. The Hall–Kier alpha value is -2.80. The fourth-order valence-corrected chi connectivity index (χ4v) is 2.74. The Morgan fingerprint density at radius 2 is 1.78 bits per heavy atom. The number of ketones is 1. The second kappa shape index (κ2) is 6.53. The first-order valence-corrected chi connectivity index (χ1v) is 7.74. The Labute approximate surface area is 135 Å². The number of carbonyl (C=O) groups is 1. The van der Waals surface area contributed by atoms with Crippen LogP contribution in [-0.4, -0.2) is 26.4 Å². The molecule has 0 radical (unpaired) electrons. The van der Waals surface area contributed by atoms with E-state index in [0.29, 0.717) is 10.6 Å². The number of Topliss-reactive ketones (excluding diaryl/α,β-unsaturated/α-hetero) is 1. The molecule has 0 atom stereocenters. The molecule has 0 saturated heterocycles. The molecule has 0 bridgehead atoms. The minimum Gasteiger partial charge on any atom is -0.293 e. The first-order valence-electron chi connectivity index (χ1n) is 6.76. The van der Waals surface area contributed by atoms with E-state index >= 15 is 0 Å². The quantitative estimate of drug-likeness (QED) is 0.309. The number of non-ortho nitro benzene ring substituents is 1. The summed E-state index contributed by atoms with van der Waals surface area (Å²) in [7, 11) is 0. The highest BCUT2D eigenvalue weighted by Gasteiger charge is 2.10. The number of fused-ring (bicyclic) bond motifs is 1. The number of nitro groups is 1. The monoisotopic (exact) mass is 325 g/mol. The molecule has 1 aromatic heterocycles. The summed E-state index contributed by atoms with van der Waals surface area (Å²) in [6, 6.07) is 13.1. The predicted octanol–water partition coefficient (Wildman–Crippen LogP) is 3.51. The first kappa shape index (κ1) is 15.1. The second-order valence-corrected chi connectivity index (χ2v) is 5.71. The topological polar surface area (TPSA) is 86.0 Å². The van der Waals surface area contributed by atoms with Gasteiger partial charge in [-0.1, -0.05) is 23.9 Å². The standard InChI is InChI=1S/C16H11N3O3S/c20-15(11-5-7-12(8-6-11)19(21)22)10-23-16-9-17-13-3-1-2-4-14(13)18-16/h1-9H,10H2. The van der Waals surface area contributed by atoms with Gasteiger partial charge in [0.05, 0.1) is 27.9 Å². The van der Waals surface area contributed by atoms with Crippen LogP contribution in [0.4, 0.5) is 5.69 Å². The van der Waals surface area contributed by atoms with Gasteiger partial charge < -0.3 is 0 Å². The lowest BCUT2D eigenvalue weighted by Gasteiger charge is -2.02. The number of thioether (sulfide) groups is 1. The van der Waals surface area contributed by atoms with E-state index < -0.39 is 4.92 Å². The second-order valence-electron chi connectivity index (χ2n) is 4.71. The van der Waals surface area contributed by atoms with E-state index in [2.05, 4.69) is 9.97 Å². The molecule has 0 spiro atoms. The third kappa shape index (κ3) is 3.51. The maximum Gasteiger partial charge on any atom is 0.269 e. The molecular weight excluding hydrogens is 314 g/mol. The average molecular weight is 325 g/mol. The van der Waals surface area contributed by atoms with Crippen molar-refractivity contribution in [3.8, 4) is 0 Å². The molecule has 0 fully saturated rings. The summed E-state index contributed by atoms with van der Waals surface area (Å²) in [4.78, 5) is 31.0. The number of hydrogen-bond donors (Lipinski definition) is 0. The van der Waals surface area contributed by atoms with Crippen molar-refractivity contribution in [2.45, 2.75) is 5.03 Å². The minimum atomic E-state index is -0.492. The van der Waals surface area contributed by atoms with Gasteiger partial charge in [-0.15, -0.1) is 0 Å². The van der Waals surface area contributed by atoms with E-state index in [0.717, 1.165) is 11.0 Å². The first-order chi connectivity index (χ1) is 11.1. The smallest absolute Gasteiger partial charge is 0.269 e. The Kier molecular flexibility index (Phi) is 4.29. The Morgan fingerprint density at radius 3 is 2.48 bits per heavy atom. The van der Waals surface area contributed by atoms with Crippen LogP contribution in [0.5, 0.6) is 0 Å².